The van der Waals surface area contributed by atoms with Crippen LogP contribution >= 0.6 is 0 Å². The van der Waals surface area contributed by atoms with Gasteiger partial charge in [-0.25, -0.2) is 0 Å². The van der Waals surface area contributed by atoms with E-state index >= 15 is 0 Å². The van der Waals surface area contributed by atoms with Gasteiger partial charge in [-0.2, -0.15) is 0 Å². The minimum atomic E-state index is -0.829. The van der Waals surface area contributed by atoms with Gasteiger partial charge in [0.15, 0.2) is 0 Å². The number of carboxylic acid groups (broad SMARTS) is 1. The van der Waals surface area contributed by atoms with Crippen molar-refractivity contribution in [3.05, 3.63) is 29.8 Å². The van der Waals surface area contributed by atoms with Crippen LogP contribution in [0.3, 0.4) is 0 Å². The molecule has 1 heterocycles. The van der Waals surface area contributed by atoms with Crippen LogP contribution in [-0.2, 0) is 16.0 Å². The molecule has 0 aliphatic carbocycles. The molecule has 1 fully saturated rings. The highest BCUT2D eigenvalue weighted by Crippen LogP contribution is 2.34. The summed E-state index contributed by atoms with van der Waals surface area (Å²) in [5.41, 5.74) is -0.252. The van der Waals surface area contributed by atoms with Gasteiger partial charge in [0.2, 0.25) is 5.91 Å². The molecule has 1 aliphatic rings. The second kappa shape index (κ2) is 6.16. The first-order chi connectivity index (χ1) is 9.98. The molecule has 114 valence electrons. The van der Waals surface area contributed by atoms with E-state index in [9.17, 15) is 19.8 Å². The second-order valence-electron chi connectivity index (χ2n) is 5.66. The number of piperidine rings is 1. The number of aromatic hydroxyl groups is 1. The minimum absolute atomic E-state index is 0.0999. The Morgan fingerprint density at radius 2 is 2.05 bits per heavy atom. The highest BCUT2D eigenvalue weighted by atomic mass is 16.4. The van der Waals surface area contributed by atoms with Crippen molar-refractivity contribution in [2.24, 2.45) is 5.41 Å². The molecule has 1 aromatic rings. The summed E-state index contributed by atoms with van der Waals surface area (Å²) in [6, 6.07) is 6.73. The number of aliphatic carboxylic acids is 1. The number of likely N-dealkylation sites (tertiary alicyclic amines) is 1. The number of amides is 1. The maximum Gasteiger partial charge on any atom is 0.311 e. The third-order valence-electron chi connectivity index (χ3n) is 4.39. The normalized spacial score (nSPS) is 22.0. The summed E-state index contributed by atoms with van der Waals surface area (Å²) in [4.78, 5) is 25.5. The van der Waals surface area contributed by atoms with Gasteiger partial charge in [-0.1, -0.05) is 25.1 Å². The van der Waals surface area contributed by atoms with Crippen molar-refractivity contribution < 1.29 is 19.8 Å². The highest BCUT2D eigenvalue weighted by molar-refractivity contribution is 5.81. The molecule has 1 aliphatic heterocycles. The number of nitrogens with zero attached hydrogens (tertiary/aromatic N) is 1. The van der Waals surface area contributed by atoms with Crippen LogP contribution in [0, 0.1) is 5.41 Å². The Labute approximate surface area is 124 Å². The largest absolute Gasteiger partial charge is 0.508 e. The third-order valence-corrected chi connectivity index (χ3v) is 4.39. The molecule has 0 radical (unpaired) electrons. The summed E-state index contributed by atoms with van der Waals surface area (Å²) in [6.07, 6.45) is 1.93. The molecule has 1 unspecified atom stereocenters. The molecule has 5 nitrogen and oxygen atoms in total. The Hall–Kier alpha value is -2.04. The Bertz CT molecular complexity index is 543. The maximum absolute atomic E-state index is 12.4. The van der Waals surface area contributed by atoms with Crippen molar-refractivity contribution in [3.63, 3.8) is 0 Å². The predicted molar refractivity (Wildman–Crippen MR) is 78.0 cm³/mol. The fourth-order valence-corrected chi connectivity index (χ4v) is 2.89. The van der Waals surface area contributed by atoms with Gasteiger partial charge >= 0.3 is 5.97 Å². The molecule has 0 saturated carbocycles. The van der Waals surface area contributed by atoms with E-state index in [4.69, 9.17) is 0 Å². The van der Waals surface area contributed by atoms with E-state index in [0.29, 0.717) is 31.4 Å². The summed E-state index contributed by atoms with van der Waals surface area (Å²) in [5.74, 6) is -0.858. The van der Waals surface area contributed by atoms with Crippen molar-refractivity contribution >= 4 is 11.9 Å². The van der Waals surface area contributed by atoms with Gasteiger partial charge in [-0.05, 0) is 25.3 Å². The molecule has 0 spiro atoms. The van der Waals surface area contributed by atoms with E-state index in [2.05, 4.69) is 0 Å². The minimum Gasteiger partial charge on any atom is -0.508 e. The lowest BCUT2D eigenvalue weighted by Crippen LogP contribution is -2.50. The van der Waals surface area contributed by atoms with E-state index in [1.54, 1.807) is 29.2 Å². The van der Waals surface area contributed by atoms with Crippen LogP contribution in [0.1, 0.15) is 31.7 Å². The Morgan fingerprint density at radius 3 is 2.67 bits per heavy atom. The van der Waals surface area contributed by atoms with Crippen LogP contribution in [0.25, 0.3) is 0 Å². The van der Waals surface area contributed by atoms with Gasteiger partial charge in [0.1, 0.15) is 5.75 Å². The van der Waals surface area contributed by atoms with Gasteiger partial charge in [-0.3, -0.25) is 9.59 Å². The van der Waals surface area contributed by atoms with Crippen LogP contribution in [0.2, 0.25) is 0 Å². The fourth-order valence-electron chi connectivity index (χ4n) is 2.89. The smallest absolute Gasteiger partial charge is 0.311 e. The first-order valence-corrected chi connectivity index (χ1v) is 7.26. The molecule has 1 aromatic carbocycles. The molecular weight excluding hydrogens is 270 g/mol. The molecule has 1 atom stereocenters. The second-order valence-corrected chi connectivity index (χ2v) is 5.66. The Kier molecular flexibility index (Phi) is 4.50. The topological polar surface area (TPSA) is 77.8 Å². The van der Waals surface area contributed by atoms with E-state index < -0.39 is 11.4 Å². The zero-order valence-electron chi connectivity index (χ0n) is 12.2. The standard InChI is InChI=1S/C16H21NO4/c1-2-16(15(20)21)8-5-9-17(11-16)14(19)10-12-6-3-4-7-13(12)18/h3-4,6-7,18H,2,5,8-11H2,1H3,(H,20,21). The van der Waals surface area contributed by atoms with Gasteiger partial charge < -0.3 is 15.1 Å². The van der Waals surface area contributed by atoms with Crippen LogP contribution in [0.5, 0.6) is 5.75 Å². The Morgan fingerprint density at radius 1 is 1.33 bits per heavy atom. The fraction of sp³-hybridized carbons (Fsp3) is 0.500. The summed E-state index contributed by atoms with van der Waals surface area (Å²) >= 11 is 0. The molecule has 0 aromatic heterocycles. The Balaban J connectivity index is 2.09. The third kappa shape index (κ3) is 3.17. The number of carbonyl (C=O) groups is 2. The lowest BCUT2D eigenvalue weighted by Gasteiger charge is -2.39. The van der Waals surface area contributed by atoms with Gasteiger partial charge in [-0.15, -0.1) is 0 Å². The molecule has 1 amide bonds. The number of carboxylic acids is 1. The van der Waals surface area contributed by atoms with Crippen molar-refractivity contribution in [2.45, 2.75) is 32.6 Å². The van der Waals surface area contributed by atoms with E-state index in [1.807, 2.05) is 6.92 Å². The van der Waals surface area contributed by atoms with Gasteiger partial charge in [0.05, 0.1) is 11.8 Å². The molecule has 21 heavy (non-hydrogen) atoms. The van der Waals surface area contributed by atoms with Crippen molar-refractivity contribution in [1.29, 1.82) is 0 Å². The number of hydrogen-bond donors (Lipinski definition) is 2. The quantitative estimate of drug-likeness (QED) is 0.890. The van der Waals surface area contributed by atoms with Crippen molar-refractivity contribution in [2.75, 3.05) is 13.1 Å². The summed E-state index contributed by atoms with van der Waals surface area (Å²) in [7, 11) is 0. The molecule has 2 N–H and O–H groups in total. The van der Waals surface area contributed by atoms with E-state index in [1.165, 1.54) is 0 Å². The molecular formula is C16H21NO4. The highest BCUT2D eigenvalue weighted by Gasteiger charge is 2.42. The lowest BCUT2D eigenvalue weighted by atomic mass is 9.77. The lowest BCUT2D eigenvalue weighted by molar-refractivity contribution is -0.155. The van der Waals surface area contributed by atoms with Crippen molar-refractivity contribution in [1.82, 2.24) is 4.90 Å². The average Bonchev–Trinajstić information content (AvgIpc) is 2.49. The van der Waals surface area contributed by atoms with Gasteiger partial charge in [0.25, 0.3) is 0 Å². The van der Waals surface area contributed by atoms with Crippen LogP contribution < -0.4 is 0 Å². The number of benzene rings is 1. The zero-order valence-corrected chi connectivity index (χ0v) is 12.2. The molecule has 5 heteroatoms. The monoisotopic (exact) mass is 291 g/mol. The SMILES string of the molecule is CCC1(C(=O)O)CCCN(C(=O)Cc2ccccc2O)C1. The van der Waals surface area contributed by atoms with Crippen LogP contribution in [-0.4, -0.2) is 40.1 Å². The molecule has 2 rings (SSSR count). The summed E-state index contributed by atoms with van der Waals surface area (Å²) in [6.45, 7) is 2.69. The first-order valence-electron chi connectivity index (χ1n) is 7.26. The number of para-hydroxylation sites is 1. The number of phenolic OH excluding ortho intramolecular Hbond substituents is 1. The van der Waals surface area contributed by atoms with Crippen LogP contribution in [0.4, 0.5) is 0 Å². The van der Waals surface area contributed by atoms with E-state index in [-0.39, 0.29) is 24.6 Å². The number of phenols is 1. The first kappa shape index (κ1) is 15.4. The van der Waals surface area contributed by atoms with Gasteiger partial charge in [0, 0.05) is 18.7 Å². The summed E-state index contributed by atoms with van der Waals surface area (Å²) < 4.78 is 0. The zero-order chi connectivity index (χ0) is 15.5. The van der Waals surface area contributed by atoms with E-state index in [0.717, 1.165) is 0 Å². The average molecular weight is 291 g/mol. The summed E-state index contributed by atoms with van der Waals surface area (Å²) in [5, 5.41) is 19.2. The predicted octanol–water partition coefficient (Wildman–Crippen LogP) is 2.04. The number of hydrogen-bond acceptors (Lipinski definition) is 3. The molecule has 1 saturated heterocycles. The number of rotatable bonds is 4. The number of carbonyl (C=O) groups excluding carboxylic acids is 1. The van der Waals surface area contributed by atoms with Crippen LogP contribution in [0.15, 0.2) is 24.3 Å². The maximum atomic E-state index is 12.4. The van der Waals surface area contributed by atoms with Crippen molar-refractivity contribution in [3.8, 4) is 5.75 Å². The molecule has 0 bridgehead atoms.